The summed E-state index contributed by atoms with van der Waals surface area (Å²) in [6, 6.07) is 10.1. The number of nitrogens with zero attached hydrogens (tertiary/aromatic N) is 3. The Labute approximate surface area is 204 Å². The van der Waals surface area contributed by atoms with Gasteiger partial charge in [-0.2, -0.15) is 0 Å². The lowest BCUT2D eigenvalue weighted by atomic mass is 10.1. The average Bonchev–Trinajstić information content (AvgIpc) is 2.85. The number of piperidine rings is 1. The van der Waals surface area contributed by atoms with E-state index in [0.717, 1.165) is 36.8 Å². The first-order valence-corrected chi connectivity index (χ1v) is 12.0. The van der Waals surface area contributed by atoms with Crippen molar-refractivity contribution < 1.29 is 13.9 Å². The van der Waals surface area contributed by atoms with Gasteiger partial charge in [-0.15, -0.1) is 0 Å². The van der Waals surface area contributed by atoms with E-state index in [9.17, 15) is 9.18 Å². The van der Waals surface area contributed by atoms with Crippen molar-refractivity contribution in [2.24, 2.45) is 0 Å². The molecule has 1 N–H and O–H groups in total. The van der Waals surface area contributed by atoms with Crippen molar-refractivity contribution in [1.82, 2.24) is 9.88 Å². The summed E-state index contributed by atoms with van der Waals surface area (Å²) in [4.78, 5) is 21.6. The zero-order chi connectivity index (χ0) is 24.1. The molecular weight excluding hydrogens is 455 g/mol. The van der Waals surface area contributed by atoms with Gasteiger partial charge in [-0.3, -0.25) is 4.79 Å². The molecule has 2 aromatic carbocycles. The van der Waals surface area contributed by atoms with Crippen molar-refractivity contribution in [3.05, 3.63) is 53.4 Å². The molecule has 0 bridgehead atoms. The fourth-order valence-electron chi connectivity index (χ4n) is 4.36. The number of rotatable bonds is 8. The number of aromatic nitrogens is 1. The van der Waals surface area contributed by atoms with E-state index in [2.05, 4.69) is 15.2 Å². The molecule has 0 unspecified atom stereocenters. The summed E-state index contributed by atoms with van der Waals surface area (Å²) in [6.45, 7) is 3.21. The Morgan fingerprint density at radius 2 is 2.00 bits per heavy atom. The molecule has 1 fully saturated rings. The number of amides is 1. The summed E-state index contributed by atoms with van der Waals surface area (Å²) in [6.07, 6.45) is 6.79. The van der Waals surface area contributed by atoms with Crippen LogP contribution in [0.1, 0.15) is 32.1 Å². The third-order valence-corrected chi connectivity index (χ3v) is 6.58. The third-order valence-electron chi connectivity index (χ3n) is 6.30. The summed E-state index contributed by atoms with van der Waals surface area (Å²) < 4.78 is 19.2. The normalized spacial score (nSPS) is 14.2. The van der Waals surface area contributed by atoms with E-state index in [1.165, 1.54) is 31.4 Å². The molecule has 180 valence electrons. The molecule has 6 nitrogen and oxygen atoms in total. The molecule has 1 saturated heterocycles. The molecule has 0 aliphatic carbocycles. The number of hydrogen-bond donors (Lipinski definition) is 1. The molecule has 0 spiro atoms. The Bertz CT molecular complexity index is 1170. The van der Waals surface area contributed by atoms with Gasteiger partial charge in [0.25, 0.3) is 0 Å². The molecule has 34 heavy (non-hydrogen) atoms. The molecule has 1 aromatic heterocycles. The third kappa shape index (κ3) is 5.59. The van der Waals surface area contributed by atoms with Crippen molar-refractivity contribution in [2.45, 2.75) is 32.1 Å². The lowest BCUT2D eigenvalue weighted by molar-refractivity contribution is -0.118. The quantitative estimate of drug-likeness (QED) is 0.424. The van der Waals surface area contributed by atoms with Gasteiger partial charge in [-0.25, -0.2) is 9.37 Å². The van der Waals surface area contributed by atoms with Crippen LogP contribution in [0.3, 0.4) is 0 Å². The average molecular weight is 485 g/mol. The van der Waals surface area contributed by atoms with Crippen molar-refractivity contribution in [2.75, 3.05) is 44.0 Å². The highest BCUT2D eigenvalue weighted by Gasteiger charge is 2.19. The van der Waals surface area contributed by atoms with Crippen LogP contribution in [0, 0.1) is 5.82 Å². The van der Waals surface area contributed by atoms with Gasteiger partial charge < -0.3 is 19.9 Å². The van der Waals surface area contributed by atoms with E-state index >= 15 is 0 Å². The highest BCUT2D eigenvalue weighted by atomic mass is 35.5. The van der Waals surface area contributed by atoms with Gasteiger partial charge in [0.05, 0.1) is 17.8 Å². The lowest BCUT2D eigenvalue weighted by Gasteiger charge is -2.26. The Morgan fingerprint density at radius 1 is 1.21 bits per heavy atom. The zero-order valence-electron chi connectivity index (χ0n) is 19.6. The molecule has 8 heteroatoms. The number of benzene rings is 2. The predicted molar refractivity (Wildman–Crippen MR) is 136 cm³/mol. The highest BCUT2D eigenvalue weighted by molar-refractivity contribution is 6.31. The van der Waals surface area contributed by atoms with Crippen LogP contribution in [0.15, 0.2) is 42.6 Å². The molecule has 1 amide bonds. The number of nitrogens with one attached hydrogen (secondary N) is 1. The SMILES string of the molecule is COc1cc2ccnc(Nc3ccc(F)c(Cl)c3)c2cc1N(C)C(=O)CCCN1CCCCC1. The maximum Gasteiger partial charge on any atom is 0.226 e. The second kappa shape index (κ2) is 11.0. The molecule has 4 rings (SSSR count). The number of anilines is 3. The predicted octanol–water partition coefficient (Wildman–Crippen LogP) is 6.01. The molecule has 0 atom stereocenters. The van der Waals surface area contributed by atoms with E-state index in [1.54, 1.807) is 31.3 Å². The summed E-state index contributed by atoms with van der Waals surface area (Å²) in [5.41, 5.74) is 1.29. The largest absolute Gasteiger partial charge is 0.495 e. The molecule has 0 saturated carbocycles. The van der Waals surface area contributed by atoms with E-state index in [1.807, 2.05) is 18.2 Å². The van der Waals surface area contributed by atoms with Crippen LogP contribution in [0.4, 0.5) is 21.6 Å². The zero-order valence-corrected chi connectivity index (χ0v) is 20.4. The van der Waals surface area contributed by atoms with E-state index in [-0.39, 0.29) is 10.9 Å². The molecule has 3 aromatic rings. The number of carbonyl (C=O) groups excluding carboxylic acids is 1. The van der Waals surface area contributed by atoms with Gasteiger partial charge >= 0.3 is 0 Å². The maximum absolute atomic E-state index is 13.6. The van der Waals surface area contributed by atoms with Crippen LogP contribution in [-0.4, -0.2) is 49.6 Å². The number of methoxy groups -OCH3 is 1. The fourth-order valence-corrected chi connectivity index (χ4v) is 4.54. The summed E-state index contributed by atoms with van der Waals surface area (Å²) in [7, 11) is 3.37. The number of hydrogen-bond acceptors (Lipinski definition) is 5. The minimum atomic E-state index is -0.481. The molecule has 1 aliphatic rings. The first kappa shape index (κ1) is 24.2. The van der Waals surface area contributed by atoms with Crippen LogP contribution in [-0.2, 0) is 4.79 Å². The Morgan fingerprint density at radius 3 is 2.74 bits per heavy atom. The lowest BCUT2D eigenvalue weighted by Crippen LogP contribution is -2.32. The monoisotopic (exact) mass is 484 g/mol. The van der Waals surface area contributed by atoms with Crippen molar-refractivity contribution in [3.8, 4) is 5.75 Å². The minimum Gasteiger partial charge on any atom is -0.495 e. The van der Waals surface area contributed by atoms with Gasteiger partial charge in [0.15, 0.2) is 0 Å². The van der Waals surface area contributed by atoms with Crippen LogP contribution in [0.5, 0.6) is 5.75 Å². The smallest absolute Gasteiger partial charge is 0.226 e. The molecule has 1 aliphatic heterocycles. The number of pyridine rings is 1. The second-order valence-corrected chi connectivity index (χ2v) is 9.02. The number of fused-ring (bicyclic) bond motifs is 1. The summed E-state index contributed by atoms with van der Waals surface area (Å²) in [5, 5.41) is 4.95. The van der Waals surface area contributed by atoms with Crippen LogP contribution >= 0.6 is 11.6 Å². The van der Waals surface area contributed by atoms with Gasteiger partial charge in [-0.05, 0) is 80.7 Å². The maximum atomic E-state index is 13.6. The standard InChI is InChI=1S/C26H30ClFN4O2/c1-31(25(33)7-6-14-32-12-4-3-5-13-32)23-17-20-18(15-24(23)34-2)10-11-29-26(20)30-19-8-9-22(28)21(27)16-19/h8-11,15-17H,3-7,12-14H2,1-2H3,(H,29,30). The summed E-state index contributed by atoms with van der Waals surface area (Å²) in [5.74, 6) is 0.750. The van der Waals surface area contributed by atoms with Crippen molar-refractivity contribution >= 4 is 45.5 Å². The summed E-state index contributed by atoms with van der Waals surface area (Å²) >= 11 is 5.93. The van der Waals surface area contributed by atoms with Crippen LogP contribution < -0.4 is 15.0 Å². The minimum absolute atomic E-state index is 0.0301. The topological polar surface area (TPSA) is 57.7 Å². The van der Waals surface area contributed by atoms with Gasteiger partial charge in [0.1, 0.15) is 17.4 Å². The van der Waals surface area contributed by atoms with Crippen molar-refractivity contribution in [3.63, 3.8) is 0 Å². The van der Waals surface area contributed by atoms with Crippen LogP contribution in [0.2, 0.25) is 5.02 Å². The first-order chi connectivity index (χ1) is 16.5. The Balaban J connectivity index is 1.55. The molecule has 2 heterocycles. The van der Waals surface area contributed by atoms with E-state index in [0.29, 0.717) is 29.4 Å². The second-order valence-electron chi connectivity index (χ2n) is 8.62. The van der Waals surface area contributed by atoms with Gasteiger partial charge in [0, 0.05) is 30.7 Å². The van der Waals surface area contributed by atoms with E-state index < -0.39 is 5.82 Å². The highest BCUT2D eigenvalue weighted by Crippen LogP contribution is 2.36. The number of carbonyl (C=O) groups is 1. The van der Waals surface area contributed by atoms with Crippen molar-refractivity contribution in [1.29, 1.82) is 0 Å². The Kier molecular flexibility index (Phi) is 7.85. The van der Waals surface area contributed by atoms with Gasteiger partial charge in [0.2, 0.25) is 5.91 Å². The molecular formula is C26H30ClFN4O2. The van der Waals surface area contributed by atoms with E-state index in [4.69, 9.17) is 16.3 Å². The number of halogens is 2. The Hall–Kier alpha value is -2.90. The van der Waals surface area contributed by atoms with Crippen LogP contribution in [0.25, 0.3) is 10.8 Å². The number of likely N-dealkylation sites (tertiary alicyclic amines) is 1. The van der Waals surface area contributed by atoms with Gasteiger partial charge in [-0.1, -0.05) is 18.0 Å². The first-order valence-electron chi connectivity index (χ1n) is 11.6. The fraction of sp³-hybridized carbons (Fsp3) is 0.385. The number of ether oxygens (including phenoxy) is 1. The molecule has 0 radical (unpaired) electrons.